The molecule has 0 atom stereocenters. The molecule has 6 nitrogen and oxygen atoms in total. The Morgan fingerprint density at radius 3 is 2.81 bits per heavy atom. The van der Waals surface area contributed by atoms with E-state index >= 15 is 0 Å². The summed E-state index contributed by atoms with van der Waals surface area (Å²) in [5.74, 6) is -0.126. The molecule has 27 heavy (non-hydrogen) atoms. The van der Waals surface area contributed by atoms with E-state index in [0.29, 0.717) is 32.8 Å². The van der Waals surface area contributed by atoms with Gasteiger partial charge in [-0.05, 0) is 54.5 Å². The van der Waals surface area contributed by atoms with Crippen molar-refractivity contribution in [3.8, 4) is 11.5 Å². The number of ether oxygens (including phenoxy) is 3. The van der Waals surface area contributed by atoms with Gasteiger partial charge in [0.2, 0.25) is 6.79 Å². The van der Waals surface area contributed by atoms with E-state index < -0.39 is 18.5 Å². The first-order valence-electron chi connectivity index (χ1n) is 7.92. The molecule has 1 heterocycles. The van der Waals surface area contributed by atoms with Gasteiger partial charge in [0.1, 0.15) is 0 Å². The van der Waals surface area contributed by atoms with Crippen LogP contribution < -0.4 is 14.8 Å². The Kier molecular flexibility index (Phi) is 5.88. The van der Waals surface area contributed by atoms with Crippen LogP contribution in [0.5, 0.6) is 11.5 Å². The topological polar surface area (TPSA) is 73.9 Å². The van der Waals surface area contributed by atoms with Crippen LogP contribution in [0.15, 0.2) is 36.4 Å². The summed E-state index contributed by atoms with van der Waals surface area (Å²) in [4.78, 5) is 23.7. The van der Waals surface area contributed by atoms with Crippen molar-refractivity contribution in [3.05, 3.63) is 57.6 Å². The number of halogens is 2. The van der Waals surface area contributed by atoms with Gasteiger partial charge in [-0.2, -0.15) is 0 Å². The van der Waals surface area contributed by atoms with Crippen molar-refractivity contribution in [2.75, 3.05) is 18.7 Å². The fourth-order valence-electron chi connectivity index (χ4n) is 2.39. The molecule has 0 spiro atoms. The Morgan fingerprint density at radius 2 is 2.04 bits per heavy atom. The number of esters is 1. The number of rotatable bonds is 5. The lowest BCUT2D eigenvalue weighted by Gasteiger charge is -2.08. The molecule has 0 aliphatic carbocycles. The van der Waals surface area contributed by atoms with Crippen molar-refractivity contribution in [2.45, 2.75) is 6.92 Å². The highest BCUT2D eigenvalue weighted by molar-refractivity contribution is 6.32. The van der Waals surface area contributed by atoms with Crippen LogP contribution in [-0.2, 0) is 14.3 Å². The monoisotopic (exact) mass is 407 g/mol. The molecule has 0 saturated carbocycles. The normalized spacial score (nSPS) is 12.3. The van der Waals surface area contributed by atoms with Crippen molar-refractivity contribution in [1.29, 1.82) is 0 Å². The Labute approximate surface area is 165 Å². The molecule has 1 amide bonds. The van der Waals surface area contributed by atoms with Gasteiger partial charge in [0.05, 0.1) is 5.02 Å². The zero-order valence-corrected chi connectivity index (χ0v) is 15.8. The molecule has 0 saturated heterocycles. The largest absolute Gasteiger partial charge is 0.454 e. The SMILES string of the molecule is Cc1cc(Cl)ccc1NC(=O)COC(=O)/C=C/c1cc(Cl)c2c(c1)OCO2. The first-order chi connectivity index (χ1) is 12.9. The highest BCUT2D eigenvalue weighted by Gasteiger charge is 2.17. The number of carbonyl (C=O) groups is 2. The third-order valence-electron chi connectivity index (χ3n) is 3.67. The zero-order chi connectivity index (χ0) is 19.4. The first kappa shape index (κ1) is 19.1. The van der Waals surface area contributed by atoms with Gasteiger partial charge in [-0.3, -0.25) is 4.79 Å². The quantitative estimate of drug-likeness (QED) is 0.592. The second kappa shape index (κ2) is 8.33. The van der Waals surface area contributed by atoms with Crippen LogP contribution in [-0.4, -0.2) is 25.3 Å². The van der Waals surface area contributed by atoms with E-state index in [1.165, 1.54) is 12.2 Å². The lowest BCUT2D eigenvalue weighted by molar-refractivity contribution is -0.142. The minimum absolute atomic E-state index is 0.104. The maximum absolute atomic E-state index is 11.9. The predicted molar refractivity (Wildman–Crippen MR) is 102 cm³/mol. The molecule has 2 aromatic rings. The second-order valence-electron chi connectivity index (χ2n) is 5.68. The summed E-state index contributed by atoms with van der Waals surface area (Å²) in [5, 5.41) is 3.62. The fourth-order valence-corrected chi connectivity index (χ4v) is 2.89. The zero-order valence-electron chi connectivity index (χ0n) is 14.3. The van der Waals surface area contributed by atoms with Gasteiger partial charge < -0.3 is 19.5 Å². The lowest BCUT2D eigenvalue weighted by atomic mass is 10.2. The van der Waals surface area contributed by atoms with E-state index in [-0.39, 0.29) is 6.79 Å². The molecule has 140 valence electrons. The van der Waals surface area contributed by atoms with Crippen LogP contribution >= 0.6 is 23.2 Å². The van der Waals surface area contributed by atoms with Crippen molar-refractivity contribution >= 4 is 46.8 Å². The van der Waals surface area contributed by atoms with Crippen molar-refractivity contribution in [3.63, 3.8) is 0 Å². The summed E-state index contributed by atoms with van der Waals surface area (Å²) in [6, 6.07) is 8.39. The predicted octanol–water partition coefficient (Wildman–Crippen LogP) is 4.23. The van der Waals surface area contributed by atoms with Gasteiger partial charge in [-0.15, -0.1) is 0 Å². The smallest absolute Gasteiger partial charge is 0.331 e. The van der Waals surface area contributed by atoms with Crippen LogP contribution in [0.25, 0.3) is 6.08 Å². The molecule has 8 heteroatoms. The van der Waals surface area contributed by atoms with E-state index in [2.05, 4.69) is 5.32 Å². The van der Waals surface area contributed by atoms with Crippen LogP contribution in [0, 0.1) is 6.92 Å². The highest BCUT2D eigenvalue weighted by Crippen LogP contribution is 2.40. The van der Waals surface area contributed by atoms with Gasteiger partial charge in [-0.25, -0.2) is 4.79 Å². The van der Waals surface area contributed by atoms with Gasteiger partial charge in [0.25, 0.3) is 5.91 Å². The average Bonchev–Trinajstić information content (AvgIpc) is 3.10. The van der Waals surface area contributed by atoms with Gasteiger partial charge in [-0.1, -0.05) is 23.2 Å². The number of aryl methyl sites for hydroxylation is 1. The Balaban J connectivity index is 1.53. The minimum Gasteiger partial charge on any atom is -0.454 e. The van der Waals surface area contributed by atoms with Gasteiger partial charge in [0, 0.05) is 16.8 Å². The summed E-state index contributed by atoms with van der Waals surface area (Å²) in [7, 11) is 0. The summed E-state index contributed by atoms with van der Waals surface area (Å²) < 4.78 is 15.4. The third kappa shape index (κ3) is 4.93. The number of amides is 1. The lowest BCUT2D eigenvalue weighted by Crippen LogP contribution is -2.20. The van der Waals surface area contributed by atoms with E-state index in [1.54, 1.807) is 30.3 Å². The molecule has 0 fully saturated rings. The van der Waals surface area contributed by atoms with E-state index in [0.717, 1.165) is 5.56 Å². The first-order valence-corrected chi connectivity index (χ1v) is 8.68. The van der Waals surface area contributed by atoms with Crippen molar-refractivity contribution < 1.29 is 23.8 Å². The second-order valence-corrected chi connectivity index (χ2v) is 6.53. The molecule has 1 aliphatic heterocycles. The number of nitrogens with one attached hydrogen (secondary N) is 1. The summed E-state index contributed by atoms with van der Waals surface area (Å²) in [5.41, 5.74) is 2.05. The van der Waals surface area contributed by atoms with Crippen LogP contribution in [0.2, 0.25) is 10.0 Å². The molecule has 0 unspecified atom stereocenters. The van der Waals surface area contributed by atoms with E-state index in [1.807, 2.05) is 6.92 Å². The fraction of sp³-hybridized carbons (Fsp3) is 0.158. The molecule has 0 radical (unpaired) electrons. The maximum Gasteiger partial charge on any atom is 0.331 e. The van der Waals surface area contributed by atoms with E-state index in [9.17, 15) is 9.59 Å². The summed E-state index contributed by atoms with van der Waals surface area (Å²) >= 11 is 11.9. The van der Waals surface area contributed by atoms with Gasteiger partial charge in [0.15, 0.2) is 18.1 Å². The Hall–Kier alpha value is -2.70. The minimum atomic E-state index is -0.660. The number of carbonyl (C=O) groups excluding carboxylic acids is 2. The molecule has 0 aromatic heterocycles. The Bertz CT molecular complexity index is 927. The standard InChI is InChI=1S/C19H15Cl2NO5/c1-11-6-13(20)3-4-15(11)22-17(23)9-25-18(24)5-2-12-7-14(21)19-16(8-12)26-10-27-19/h2-8H,9-10H2,1H3,(H,22,23)/b5-2+. The number of anilines is 1. The van der Waals surface area contributed by atoms with Crippen LogP contribution in [0.4, 0.5) is 5.69 Å². The van der Waals surface area contributed by atoms with E-state index in [4.69, 9.17) is 37.4 Å². The highest BCUT2D eigenvalue weighted by atomic mass is 35.5. The number of hydrogen-bond donors (Lipinski definition) is 1. The van der Waals surface area contributed by atoms with Crippen LogP contribution in [0.3, 0.4) is 0 Å². The summed E-state index contributed by atoms with van der Waals surface area (Å²) in [6.07, 6.45) is 2.71. The molecular weight excluding hydrogens is 393 g/mol. The number of hydrogen-bond acceptors (Lipinski definition) is 5. The van der Waals surface area contributed by atoms with Crippen molar-refractivity contribution in [1.82, 2.24) is 0 Å². The molecule has 2 aromatic carbocycles. The number of fused-ring (bicyclic) bond motifs is 1. The van der Waals surface area contributed by atoms with Gasteiger partial charge >= 0.3 is 5.97 Å². The number of benzene rings is 2. The van der Waals surface area contributed by atoms with Crippen LogP contribution in [0.1, 0.15) is 11.1 Å². The molecule has 1 aliphatic rings. The maximum atomic E-state index is 11.9. The molecule has 3 rings (SSSR count). The molecule has 1 N–H and O–H groups in total. The van der Waals surface area contributed by atoms with Crippen molar-refractivity contribution in [2.24, 2.45) is 0 Å². The summed E-state index contributed by atoms with van der Waals surface area (Å²) in [6.45, 7) is 1.51. The molecule has 0 bridgehead atoms. The molecular formula is C19H15Cl2NO5. The third-order valence-corrected chi connectivity index (χ3v) is 4.19. The average molecular weight is 408 g/mol. The Morgan fingerprint density at radius 1 is 1.22 bits per heavy atom.